The predicted molar refractivity (Wildman–Crippen MR) is 105 cm³/mol. The van der Waals surface area contributed by atoms with Crippen molar-refractivity contribution in [3.05, 3.63) is 35.4 Å². The number of nitrogens with zero attached hydrogens (tertiary/aromatic N) is 2. The largest absolute Gasteiger partial charge is 0.381 e. The van der Waals surface area contributed by atoms with E-state index in [0.29, 0.717) is 19.1 Å². The Hall–Kier alpha value is -0.950. The molecular formula is C21H30N2O3S. The molecule has 3 fully saturated rings. The molecule has 1 aliphatic carbocycles. The molecule has 148 valence electrons. The second-order valence-corrected chi connectivity index (χ2v) is 11.0. The Morgan fingerprint density at radius 3 is 2.41 bits per heavy atom. The highest BCUT2D eigenvalue weighted by Crippen LogP contribution is 2.45. The third-order valence-electron chi connectivity index (χ3n) is 7.18. The van der Waals surface area contributed by atoms with Crippen molar-refractivity contribution in [3.63, 3.8) is 0 Å². The van der Waals surface area contributed by atoms with E-state index in [4.69, 9.17) is 4.74 Å². The first kappa shape index (κ1) is 18.1. The molecule has 6 heteroatoms. The van der Waals surface area contributed by atoms with E-state index in [9.17, 15) is 8.42 Å². The highest BCUT2D eigenvalue weighted by atomic mass is 32.2. The van der Waals surface area contributed by atoms with Crippen molar-refractivity contribution in [2.24, 2.45) is 0 Å². The van der Waals surface area contributed by atoms with Crippen LogP contribution in [-0.2, 0) is 26.7 Å². The average molecular weight is 391 g/mol. The Morgan fingerprint density at radius 2 is 1.70 bits per heavy atom. The molecule has 2 saturated heterocycles. The molecule has 1 saturated carbocycles. The van der Waals surface area contributed by atoms with Crippen LogP contribution in [-0.4, -0.2) is 61.8 Å². The van der Waals surface area contributed by atoms with Gasteiger partial charge >= 0.3 is 0 Å². The van der Waals surface area contributed by atoms with Crippen LogP contribution in [0, 0.1) is 0 Å². The molecule has 4 aliphatic rings. The van der Waals surface area contributed by atoms with Gasteiger partial charge in [-0.2, -0.15) is 4.31 Å². The maximum atomic E-state index is 13.0. The molecule has 0 atom stereocenters. The van der Waals surface area contributed by atoms with Crippen LogP contribution in [0.5, 0.6) is 0 Å². The van der Waals surface area contributed by atoms with Gasteiger partial charge in [0.05, 0.1) is 5.25 Å². The SMILES string of the molecule is O=S(=O)(C1CC1)N1Cc2ccccc2C2(CCN(C3CCOCC3)CC2)C1. The summed E-state index contributed by atoms with van der Waals surface area (Å²) in [6, 6.07) is 9.20. The number of likely N-dealkylation sites (tertiary alicyclic amines) is 1. The lowest BCUT2D eigenvalue weighted by Gasteiger charge is -2.50. The van der Waals surface area contributed by atoms with Crippen molar-refractivity contribution in [3.8, 4) is 0 Å². The number of hydrogen-bond donors (Lipinski definition) is 0. The van der Waals surface area contributed by atoms with Gasteiger partial charge in [-0.1, -0.05) is 24.3 Å². The minimum Gasteiger partial charge on any atom is -0.381 e. The Labute approximate surface area is 162 Å². The van der Waals surface area contributed by atoms with E-state index >= 15 is 0 Å². The molecule has 5 rings (SSSR count). The van der Waals surface area contributed by atoms with Gasteiger partial charge in [0.25, 0.3) is 0 Å². The van der Waals surface area contributed by atoms with E-state index in [1.54, 1.807) is 0 Å². The van der Waals surface area contributed by atoms with Crippen LogP contribution in [0.3, 0.4) is 0 Å². The number of rotatable bonds is 3. The molecule has 1 spiro atoms. The fraction of sp³-hybridized carbons (Fsp3) is 0.714. The van der Waals surface area contributed by atoms with Crippen molar-refractivity contribution in [1.82, 2.24) is 9.21 Å². The van der Waals surface area contributed by atoms with Crippen molar-refractivity contribution < 1.29 is 13.2 Å². The molecule has 0 N–H and O–H groups in total. The summed E-state index contributed by atoms with van der Waals surface area (Å²) in [5.74, 6) is 0. The molecule has 0 radical (unpaired) electrons. The summed E-state index contributed by atoms with van der Waals surface area (Å²) in [4.78, 5) is 2.63. The van der Waals surface area contributed by atoms with Gasteiger partial charge in [-0.25, -0.2) is 8.42 Å². The third-order valence-corrected chi connectivity index (χ3v) is 9.47. The van der Waals surface area contributed by atoms with Crippen molar-refractivity contribution >= 4 is 10.0 Å². The van der Waals surface area contributed by atoms with E-state index in [0.717, 1.165) is 64.8 Å². The van der Waals surface area contributed by atoms with Crippen LogP contribution in [0.15, 0.2) is 24.3 Å². The summed E-state index contributed by atoms with van der Waals surface area (Å²) in [6.07, 6.45) is 6.05. The molecule has 0 amide bonds. The highest BCUT2D eigenvalue weighted by Gasteiger charge is 2.48. The van der Waals surface area contributed by atoms with E-state index in [1.165, 1.54) is 11.1 Å². The van der Waals surface area contributed by atoms with Crippen LogP contribution >= 0.6 is 0 Å². The van der Waals surface area contributed by atoms with Crippen LogP contribution < -0.4 is 0 Å². The van der Waals surface area contributed by atoms with E-state index in [-0.39, 0.29) is 10.7 Å². The molecule has 0 aromatic heterocycles. The van der Waals surface area contributed by atoms with Crippen LogP contribution in [0.25, 0.3) is 0 Å². The number of sulfonamides is 1. The Morgan fingerprint density at radius 1 is 1.00 bits per heavy atom. The van der Waals surface area contributed by atoms with Gasteiger partial charge in [-0.05, 0) is 62.7 Å². The van der Waals surface area contributed by atoms with Crippen molar-refractivity contribution in [2.75, 3.05) is 32.8 Å². The van der Waals surface area contributed by atoms with E-state index in [2.05, 4.69) is 29.2 Å². The lowest BCUT2D eigenvalue weighted by atomic mass is 9.69. The summed E-state index contributed by atoms with van der Waals surface area (Å²) >= 11 is 0. The number of ether oxygens (including phenoxy) is 1. The third kappa shape index (κ3) is 3.24. The lowest BCUT2D eigenvalue weighted by Crippen LogP contribution is -2.55. The van der Waals surface area contributed by atoms with Gasteiger partial charge in [-0.15, -0.1) is 0 Å². The summed E-state index contributed by atoms with van der Waals surface area (Å²) in [5.41, 5.74) is 2.60. The molecule has 0 unspecified atom stereocenters. The smallest absolute Gasteiger partial charge is 0.217 e. The summed E-state index contributed by atoms with van der Waals surface area (Å²) in [6.45, 7) is 5.11. The van der Waals surface area contributed by atoms with E-state index in [1.807, 2.05) is 4.31 Å². The summed E-state index contributed by atoms with van der Waals surface area (Å²) in [5, 5.41) is -0.123. The minimum absolute atomic E-state index is 0.0154. The van der Waals surface area contributed by atoms with E-state index < -0.39 is 10.0 Å². The monoisotopic (exact) mass is 390 g/mol. The van der Waals surface area contributed by atoms with Gasteiger partial charge in [-0.3, -0.25) is 0 Å². The van der Waals surface area contributed by atoms with Crippen LogP contribution in [0.4, 0.5) is 0 Å². The zero-order chi connectivity index (χ0) is 18.5. The second kappa shape index (κ2) is 6.83. The molecule has 0 bridgehead atoms. The molecular weight excluding hydrogens is 360 g/mol. The average Bonchev–Trinajstić information content (AvgIpc) is 3.55. The van der Waals surface area contributed by atoms with Gasteiger partial charge in [0, 0.05) is 37.8 Å². The first-order chi connectivity index (χ1) is 13.1. The molecule has 1 aromatic carbocycles. The Bertz CT molecular complexity index is 791. The van der Waals surface area contributed by atoms with Crippen molar-refractivity contribution in [1.29, 1.82) is 0 Å². The second-order valence-electron chi connectivity index (χ2n) is 8.83. The Balaban J connectivity index is 1.40. The van der Waals surface area contributed by atoms with Gasteiger partial charge in [0.1, 0.15) is 0 Å². The molecule has 27 heavy (non-hydrogen) atoms. The lowest BCUT2D eigenvalue weighted by molar-refractivity contribution is 0.0138. The predicted octanol–water partition coefficient (Wildman–Crippen LogP) is 2.51. The van der Waals surface area contributed by atoms with Gasteiger partial charge in [0.15, 0.2) is 0 Å². The van der Waals surface area contributed by atoms with Crippen molar-refractivity contribution in [2.45, 2.75) is 61.8 Å². The molecule has 5 nitrogen and oxygen atoms in total. The minimum atomic E-state index is -3.14. The normalized spacial score (nSPS) is 27.6. The fourth-order valence-electron chi connectivity index (χ4n) is 5.40. The highest BCUT2D eigenvalue weighted by molar-refractivity contribution is 7.90. The molecule has 1 aromatic rings. The zero-order valence-corrected chi connectivity index (χ0v) is 16.8. The summed E-state index contributed by atoms with van der Waals surface area (Å²) < 4.78 is 33.3. The Kier molecular flexibility index (Phi) is 4.58. The fourth-order valence-corrected chi connectivity index (χ4v) is 7.30. The molecule has 3 heterocycles. The van der Waals surface area contributed by atoms with Gasteiger partial charge < -0.3 is 9.64 Å². The van der Waals surface area contributed by atoms with Crippen LogP contribution in [0.1, 0.15) is 49.7 Å². The first-order valence-electron chi connectivity index (χ1n) is 10.5. The first-order valence-corrected chi connectivity index (χ1v) is 12.0. The van der Waals surface area contributed by atoms with Crippen LogP contribution in [0.2, 0.25) is 0 Å². The zero-order valence-electron chi connectivity index (χ0n) is 16.0. The maximum Gasteiger partial charge on any atom is 0.217 e. The number of fused-ring (bicyclic) bond motifs is 2. The standard InChI is InChI=1S/C21H30N2O3S/c24-27(25,19-5-6-19)23-15-17-3-1-2-4-20(17)21(16-23)9-11-22(12-10-21)18-7-13-26-14-8-18/h1-4,18-19H,5-16H2. The summed E-state index contributed by atoms with van der Waals surface area (Å²) in [7, 11) is -3.14. The topological polar surface area (TPSA) is 49.9 Å². The van der Waals surface area contributed by atoms with Gasteiger partial charge in [0.2, 0.25) is 10.0 Å². The number of hydrogen-bond acceptors (Lipinski definition) is 4. The molecule has 3 aliphatic heterocycles. The number of piperidine rings is 1. The quantitative estimate of drug-likeness (QED) is 0.796. The number of benzene rings is 1. The maximum absolute atomic E-state index is 13.0.